The maximum Gasteiger partial charge on any atom is 0.153 e. The second-order valence-corrected chi connectivity index (χ2v) is 3.86. The van der Waals surface area contributed by atoms with Crippen molar-refractivity contribution in [2.75, 3.05) is 11.1 Å². The molecule has 1 aromatic heterocycles. The number of nitrogens with zero attached hydrogens (tertiary/aromatic N) is 2. The number of nitrogen functional groups attached to an aromatic ring is 1. The van der Waals surface area contributed by atoms with Crippen molar-refractivity contribution < 1.29 is 4.39 Å². The Morgan fingerprint density at radius 1 is 1.39 bits per heavy atom. The van der Waals surface area contributed by atoms with Crippen LogP contribution in [0.2, 0.25) is 0 Å². The van der Waals surface area contributed by atoms with Gasteiger partial charge in [-0.1, -0.05) is 0 Å². The van der Waals surface area contributed by atoms with E-state index in [1.165, 1.54) is 18.3 Å². The molecule has 1 heterocycles. The van der Waals surface area contributed by atoms with Crippen molar-refractivity contribution in [1.82, 2.24) is 4.98 Å². The third-order valence-corrected chi connectivity index (χ3v) is 2.47. The molecular weight excluding hydrogens is 231 g/mol. The quantitative estimate of drug-likeness (QED) is 0.849. The summed E-state index contributed by atoms with van der Waals surface area (Å²) in [5.41, 5.74) is 7.76. The van der Waals surface area contributed by atoms with Gasteiger partial charge < -0.3 is 11.1 Å². The van der Waals surface area contributed by atoms with E-state index < -0.39 is 0 Å². The van der Waals surface area contributed by atoms with Crippen LogP contribution in [0.4, 0.5) is 21.6 Å². The van der Waals surface area contributed by atoms with Gasteiger partial charge in [-0.05, 0) is 36.8 Å². The smallest absolute Gasteiger partial charge is 0.153 e. The number of nitriles is 1. The molecule has 2 rings (SSSR count). The lowest BCUT2D eigenvalue weighted by molar-refractivity contribution is 0.619. The average Bonchev–Trinajstić information content (AvgIpc) is 2.36. The number of aryl methyl sites for hydroxylation is 1. The third kappa shape index (κ3) is 2.38. The Kier molecular flexibility index (Phi) is 3.11. The molecule has 90 valence electrons. The fourth-order valence-corrected chi connectivity index (χ4v) is 1.51. The van der Waals surface area contributed by atoms with E-state index in [1.54, 1.807) is 19.1 Å². The molecule has 3 N–H and O–H groups in total. The van der Waals surface area contributed by atoms with Gasteiger partial charge in [-0.2, -0.15) is 5.26 Å². The number of rotatable bonds is 2. The van der Waals surface area contributed by atoms with Crippen LogP contribution in [0.15, 0.2) is 30.5 Å². The highest BCUT2D eigenvalue weighted by atomic mass is 19.1. The lowest BCUT2D eigenvalue weighted by atomic mass is 10.2. The molecule has 0 saturated heterocycles. The first kappa shape index (κ1) is 11.9. The van der Waals surface area contributed by atoms with Crippen LogP contribution < -0.4 is 11.1 Å². The number of pyridine rings is 1. The summed E-state index contributed by atoms with van der Waals surface area (Å²) in [6.07, 6.45) is 1.43. The van der Waals surface area contributed by atoms with E-state index >= 15 is 0 Å². The number of nitrogens with two attached hydrogens (primary N) is 1. The lowest BCUT2D eigenvalue weighted by Gasteiger charge is -2.09. The number of aromatic nitrogens is 1. The van der Waals surface area contributed by atoms with Crippen LogP contribution in [0.1, 0.15) is 11.1 Å². The maximum absolute atomic E-state index is 13.1. The van der Waals surface area contributed by atoms with Crippen molar-refractivity contribution in [1.29, 1.82) is 5.26 Å². The summed E-state index contributed by atoms with van der Waals surface area (Å²) in [6.45, 7) is 1.68. The average molecular weight is 242 g/mol. The zero-order valence-corrected chi connectivity index (χ0v) is 9.74. The van der Waals surface area contributed by atoms with Gasteiger partial charge in [0.25, 0.3) is 0 Å². The van der Waals surface area contributed by atoms with Gasteiger partial charge in [0.1, 0.15) is 11.9 Å². The van der Waals surface area contributed by atoms with Gasteiger partial charge >= 0.3 is 0 Å². The van der Waals surface area contributed by atoms with Crippen LogP contribution in [0.25, 0.3) is 0 Å². The summed E-state index contributed by atoms with van der Waals surface area (Å²) in [5.74, 6) is 0.182. The molecule has 0 radical (unpaired) electrons. The molecule has 0 bridgehead atoms. The van der Waals surface area contributed by atoms with Crippen LogP contribution in [-0.4, -0.2) is 4.98 Å². The fourth-order valence-electron chi connectivity index (χ4n) is 1.51. The molecule has 0 spiro atoms. The monoisotopic (exact) mass is 242 g/mol. The SMILES string of the molecule is Cc1cc(Nc2ncc(C#N)cc2N)ccc1F. The highest BCUT2D eigenvalue weighted by Crippen LogP contribution is 2.22. The normalized spacial score (nSPS) is 9.83. The molecule has 5 heteroatoms. The zero-order valence-electron chi connectivity index (χ0n) is 9.74. The first-order chi connectivity index (χ1) is 8.60. The molecule has 0 unspecified atom stereocenters. The van der Waals surface area contributed by atoms with Crippen LogP contribution >= 0.6 is 0 Å². The molecule has 1 aromatic carbocycles. The molecule has 0 fully saturated rings. The standard InChI is InChI=1S/C13H11FN4/c1-8-4-10(2-3-11(8)14)18-13-12(16)5-9(6-15)7-17-13/h2-5,7H,16H2,1H3,(H,17,18). The number of nitrogens with one attached hydrogen (secondary N) is 1. The van der Waals surface area contributed by atoms with Gasteiger partial charge in [0.2, 0.25) is 0 Å². The summed E-state index contributed by atoms with van der Waals surface area (Å²) < 4.78 is 13.1. The molecule has 2 aromatic rings. The van der Waals surface area contributed by atoms with E-state index in [4.69, 9.17) is 11.0 Å². The molecule has 0 amide bonds. The number of hydrogen-bond acceptors (Lipinski definition) is 4. The Bertz CT molecular complexity index is 631. The van der Waals surface area contributed by atoms with Crippen molar-refractivity contribution >= 4 is 17.2 Å². The van der Waals surface area contributed by atoms with Crippen LogP contribution in [-0.2, 0) is 0 Å². The van der Waals surface area contributed by atoms with Crippen LogP contribution in [0, 0.1) is 24.1 Å². The largest absolute Gasteiger partial charge is 0.396 e. The second kappa shape index (κ2) is 4.72. The summed E-state index contributed by atoms with van der Waals surface area (Å²) in [4.78, 5) is 4.04. The van der Waals surface area contributed by atoms with Gasteiger partial charge in [0.05, 0.1) is 11.3 Å². The van der Waals surface area contributed by atoms with Crippen molar-refractivity contribution in [3.63, 3.8) is 0 Å². The second-order valence-electron chi connectivity index (χ2n) is 3.86. The van der Waals surface area contributed by atoms with Gasteiger partial charge in [-0.25, -0.2) is 9.37 Å². The van der Waals surface area contributed by atoms with Crippen LogP contribution in [0.5, 0.6) is 0 Å². The molecule has 4 nitrogen and oxygen atoms in total. The minimum Gasteiger partial charge on any atom is -0.396 e. The van der Waals surface area contributed by atoms with Crippen molar-refractivity contribution in [3.8, 4) is 6.07 Å². The Balaban J connectivity index is 2.29. The maximum atomic E-state index is 13.1. The molecule has 0 saturated carbocycles. The van der Waals surface area contributed by atoms with E-state index in [0.29, 0.717) is 28.3 Å². The Labute approximate surface area is 104 Å². The van der Waals surface area contributed by atoms with Gasteiger partial charge in [-0.15, -0.1) is 0 Å². The van der Waals surface area contributed by atoms with Gasteiger partial charge in [0.15, 0.2) is 5.82 Å². The third-order valence-electron chi connectivity index (χ3n) is 2.47. The highest BCUT2D eigenvalue weighted by molar-refractivity contribution is 5.69. The van der Waals surface area contributed by atoms with Gasteiger partial charge in [0, 0.05) is 11.9 Å². The first-order valence-corrected chi connectivity index (χ1v) is 5.29. The van der Waals surface area contributed by atoms with E-state index in [0.717, 1.165) is 0 Å². The molecule has 0 aliphatic carbocycles. The van der Waals surface area contributed by atoms with E-state index in [2.05, 4.69) is 10.3 Å². The number of halogens is 1. The van der Waals surface area contributed by atoms with Crippen molar-refractivity contribution in [2.24, 2.45) is 0 Å². The molecular formula is C13H11FN4. The Morgan fingerprint density at radius 2 is 2.17 bits per heavy atom. The Morgan fingerprint density at radius 3 is 2.78 bits per heavy atom. The summed E-state index contributed by atoms with van der Waals surface area (Å²) in [5, 5.41) is 11.7. The Hall–Kier alpha value is -2.61. The lowest BCUT2D eigenvalue weighted by Crippen LogP contribution is -2.00. The van der Waals surface area contributed by atoms with Crippen molar-refractivity contribution in [3.05, 3.63) is 47.4 Å². The van der Waals surface area contributed by atoms with Crippen molar-refractivity contribution in [2.45, 2.75) is 6.92 Å². The molecule has 0 aliphatic heterocycles. The summed E-state index contributed by atoms with van der Waals surface area (Å²) in [6, 6.07) is 8.12. The summed E-state index contributed by atoms with van der Waals surface area (Å²) in [7, 11) is 0. The molecule has 0 aliphatic rings. The number of anilines is 3. The zero-order chi connectivity index (χ0) is 13.1. The molecule has 18 heavy (non-hydrogen) atoms. The first-order valence-electron chi connectivity index (χ1n) is 5.29. The van der Waals surface area contributed by atoms with Gasteiger partial charge in [-0.3, -0.25) is 0 Å². The number of hydrogen-bond donors (Lipinski definition) is 2. The van der Waals surface area contributed by atoms with E-state index in [1.807, 2.05) is 6.07 Å². The van der Waals surface area contributed by atoms with E-state index in [-0.39, 0.29) is 5.82 Å². The predicted molar refractivity (Wildman–Crippen MR) is 67.8 cm³/mol. The highest BCUT2D eigenvalue weighted by Gasteiger charge is 2.04. The summed E-state index contributed by atoms with van der Waals surface area (Å²) >= 11 is 0. The fraction of sp³-hybridized carbons (Fsp3) is 0.0769. The van der Waals surface area contributed by atoms with Crippen LogP contribution in [0.3, 0.4) is 0 Å². The number of benzene rings is 1. The minimum absolute atomic E-state index is 0.263. The minimum atomic E-state index is -0.263. The van der Waals surface area contributed by atoms with E-state index in [9.17, 15) is 4.39 Å². The topological polar surface area (TPSA) is 74.7 Å². The molecule has 0 atom stereocenters. The predicted octanol–water partition coefficient (Wildman–Crippen LogP) is 2.73.